The van der Waals surface area contributed by atoms with Gasteiger partial charge in [0, 0.05) is 30.8 Å². The first-order valence-corrected chi connectivity index (χ1v) is 13.8. The fourth-order valence-corrected chi connectivity index (χ4v) is 6.71. The largest absolute Gasteiger partial charge is 0.480 e. The van der Waals surface area contributed by atoms with Crippen molar-refractivity contribution in [3.8, 4) is 11.1 Å². The number of rotatable bonds is 6. The summed E-state index contributed by atoms with van der Waals surface area (Å²) >= 11 is 0. The van der Waals surface area contributed by atoms with E-state index in [1.807, 2.05) is 66.7 Å². The number of alkyl carbamates (subject to hydrolysis) is 1. The standard InChI is InChI=1S/C32H32N2O6/c35-29(36)32(17-22-11-8-12-23(18-32)34(22)31(38)40-19-21-9-2-1-3-10-21)33-30(37)39-20-28-26-15-6-4-13-24(26)25-14-5-7-16-27(25)28/h1-7,9-10,13-16,22-23,28H,8,11-12,17-20H2,(H,33,37)(H,35,36). The highest BCUT2D eigenvalue weighted by atomic mass is 16.6. The van der Waals surface area contributed by atoms with Crippen LogP contribution < -0.4 is 5.32 Å². The summed E-state index contributed by atoms with van der Waals surface area (Å²) in [6.07, 6.45) is 1.18. The second-order valence-electron chi connectivity index (χ2n) is 10.9. The molecule has 3 aliphatic rings. The predicted octanol–water partition coefficient (Wildman–Crippen LogP) is 5.70. The lowest BCUT2D eigenvalue weighted by atomic mass is 9.73. The Morgan fingerprint density at radius 2 is 1.40 bits per heavy atom. The molecule has 2 fully saturated rings. The summed E-state index contributed by atoms with van der Waals surface area (Å²) in [5.41, 5.74) is 3.77. The van der Waals surface area contributed by atoms with Gasteiger partial charge in [0.2, 0.25) is 0 Å². The molecule has 0 saturated carbocycles. The molecule has 2 N–H and O–H groups in total. The zero-order chi connectivity index (χ0) is 27.7. The van der Waals surface area contributed by atoms with Crippen LogP contribution in [0.25, 0.3) is 11.1 Å². The Morgan fingerprint density at radius 1 is 0.825 bits per heavy atom. The molecule has 2 heterocycles. The Hall–Kier alpha value is -4.33. The number of carbonyl (C=O) groups is 3. The highest BCUT2D eigenvalue weighted by molar-refractivity contribution is 5.85. The van der Waals surface area contributed by atoms with Crippen molar-refractivity contribution in [2.24, 2.45) is 0 Å². The molecule has 0 spiro atoms. The molecule has 2 saturated heterocycles. The molecule has 206 valence electrons. The molecular formula is C32H32N2O6. The summed E-state index contributed by atoms with van der Waals surface area (Å²) < 4.78 is 11.3. The summed E-state index contributed by atoms with van der Waals surface area (Å²) in [5, 5.41) is 13.0. The zero-order valence-corrected chi connectivity index (χ0v) is 22.1. The predicted molar refractivity (Wildman–Crippen MR) is 148 cm³/mol. The minimum absolute atomic E-state index is 0.0976. The highest BCUT2D eigenvalue weighted by Gasteiger charge is 2.53. The third-order valence-corrected chi connectivity index (χ3v) is 8.54. The van der Waals surface area contributed by atoms with Crippen LogP contribution >= 0.6 is 0 Å². The molecule has 40 heavy (non-hydrogen) atoms. The molecule has 3 aromatic carbocycles. The average molecular weight is 541 g/mol. The molecule has 2 bridgehead atoms. The number of nitrogens with zero attached hydrogens (tertiary/aromatic N) is 1. The van der Waals surface area contributed by atoms with Crippen molar-refractivity contribution < 1.29 is 29.0 Å². The molecule has 3 aromatic rings. The van der Waals surface area contributed by atoms with E-state index in [4.69, 9.17) is 9.47 Å². The smallest absolute Gasteiger partial charge is 0.410 e. The normalized spacial score (nSPS) is 23.1. The molecule has 2 amide bonds. The van der Waals surface area contributed by atoms with Crippen molar-refractivity contribution in [3.05, 3.63) is 95.6 Å². The maximum absolute atomic E-state index is 13.1. The van der Waals surface area contributed by atoms with Gasteiger partial charge in [-0.15, -0.1) is 0 Å². The summed E-state index contributed by atoms with van der Waals surface area (Å²) in [4.78, 5) is 40.5. The number of benzene rings is 3. The van der Waals surface area contributed by atoms with E-state index in [1.165, 1.54) is 0 Å². The number of carboxylic acids is 1. The molecule has 0 radical (unpaired) electrons. The number of aliphatic carboxylic acids is 1. The van der Waals surface area contributed by atoms with E-state index in [1.54, 1.807) is 4.90 Å². The Morgan fingerprint density at radius 3 is 2.00 bits per heavy atom. The van der Waals surface area contributed by atoms with E-state index in [9.17, 15) is 19.5 Å². The van der Waals surface area contributed by atoms with Crippen LogP contribution in [0.15, 0.2) is 78.9 Å². The van der Waals surface area contributed by atoms with Gasteiger partial charge in [0.15, 0.2) is 0 Å². The fraction of sp³-hybridized carbons (Fsp3) is 0.344. The van der Waals surface area contributed by atoms with Gasteiger partial charge in [0.25, 0.3) is 0 Å². The fourth-order valence-electron chi connectivity index (χ4n) is 6.71. The van der Waals surface area contributed by atoms with Gasteiger partial charge in [-0.05, 0) is 47.1 Å². The minimum atomic E-state index is -1.52. The van der Waals surface area contributed by atoms with E-state index < -0.39 is 23.7 Å². The van der Waals surface area contributed by atoms with Crippen LogP contribution in [0.2, 0.25) is 0 Å². The molecule has 8 nitrogen and oxygen atoms in total. The topological polar surface area (TPSA) is 105 Å². The average Bonchev–Trinajstić information content (AvgIpc) is 3.28. The summed E-state index contributed by atoms with van der Waals surface area (Å²) in [6, 6.07) is 24.9. The number of carboxylic acid groups (broad SMARTS) is 1. The van der Waals surface area contributed by atoms with Crippen molar-refractivity contribution in [1.82, 2.24) is 10.2 Å². The van der Waals surface area contributed by atoms with Crippen LogP contribution in [0.4, 0.5) is 9.59 Å². The molecular weight excluding hydrogens is 508 g/mol. The molecule has 8 heteroatoms. The van der Waals surface area contributed by atoms with Gasteiger partial charge in [-0.3, -0.25) is 0 Å². The molecule has 2 unspecified atom stereocenters. The number of hydrogen-bond acceptors (Lipinski definition) is 5. The van der Waals surface area contributed by atoms with Gasteiger partial charge in [-0.2, -0.15) is 0 Å². The first-order chi connectivity index (χ1) is 19.4. The third kappa shape index (κ3) is 4.78. The highest BCUT2D eigenvalue weighted by Crippen LogP contribution is 2.45. The summed E-state index contributed by atoms with van der Waals surface area (Å²) in [6.45, 7) is 0.248. The van der Waals surface area contributed by atoms with Crippen molar-refractivity contribution in [3.63, 3.8) is 0 Å². The SMILES string of the molecule is O=C(NC1(C(=O)O)CC2CCCC(C1)N2C(=O)OCc1ccccc1)OCC1c2ccccc2-c2ccccc21. The number of hydrogen-bond donors (Lipinski definition) is 2. The quantitative estimate of drug-likeness (QED) is 0.416. The van der Waals surface area contributed by atoms with Crippen molar-refractivity contribution >= 4 is 18.2 Å². The van der Waals surface area contributed by atoms with E-state index in [-0.39, 0.29) is 44.1 Å². The van der Waals surface area contributed by atoms with Crippen molar-refractivity contribution in [1.29, 1.82) is 0 Å². The number of nitrogens with one attached hydrogen (secondary N) is 1. The lowest BCUT2D eigenvalue weighted by Crippen LogP contribution is -2.67. The summed E-state index contributed by atoms with van der Waals surface area (Å²) in [5.74, 6) is -1.24. The lowest BCUT2D eigenvalue weighted by Gasteiger charge is -2.51. The molecule has 2 aliphatic heterocycles. The Labute approximate surface area is 232 Å². The first kappa shape index (κ1) is 25.9. The second kappa shape index (κ2) is 10.7. The third-order valence-electron chi connectivity index (χ3n) is 8.54. The molecule has 0 aromatic heterocycles. The van der Waals surface area contributed by atoms with Crippen LogP contribution in [0.3, 0.4) is 0 Å². The first-order valence-electron chi connectivity index (χ1n) is 13.8. The van der Waals surface area contributed by atoms with Crippen LogP contribution in [-0.2, 0) is 20.9 Å². The van der Waals surface area contributed by atoms with Gasteiger partial charge in [0.05, 0.1) is 0 Å². The van der Waals surface area contributed by atoms with Crippen LogP contribution in [0.5, 0.6) is 0 Å². The molecule has 2 atom stereocenters. The van der Waals surface area contributed by atoms with Crippen LogP contribution in [0, 0.1) is 0 Å². The molecule has 6 rings (SSSR count). The number of ether oxygens (including phenoxy) is 2. The number of carbonyl (C=O) groups excluding carboxylic acids is 2. The monoisotopic (exact) mass is 540 g/mol. The Bertz CT molecular complexity index is 1360. The maximum atomic E-state index is 13.1. The van der Waals surface area contributed by atoms with Crippen LogP contribution in [0.1, 0.15) is 54.7 Å². The molecule has 1 aliphatic carbocycles. The maximum Gasteiger partial charge on any atom is 0.410 e. The van der Waals surface area contributed by atoms with Crippen LogP contribution in [-0.4, -0.2) is 52.4 Å². The number of piperidine rings is 2. The van der Waals surface area contributed by atoms with Gasteiger partial charge in [-0.1, -0.05) is 78.9 Å². The number of fused-ring (bicyclic) bond motifs is 5. The second-order valence-corrected chi connectivity index (χ2v) is 10.9. The zero-order valence-electron chi connectivity index (χ0n) is 22.1. The van der Waals surface area contributed by atoms with Gasteiger partial charge in [0.1, 0.15) is 18.8 Å². The Kier molecular flexibility index (Phi) is 6.92. The van der Waals surface area contributed by atoms with Gasteiger partial charge in [-0.25, -0.2) is 14.4 Å². The van der Waals surface area contributed by atoms with E-state index >= 15 is 0 Å². The van der Waals surface area contributed by atoms with E-state index in [2.05, 4.69) is 17.4 Å². The summed E-state index contributed by atoms with van der Waals surface area (Å²) in [7, 11) is 0. The van der Waals surface area contributed by atoms with Crippen molar-refractivity contribution in [2.45, 2.75) is 62.3 Å². The van der Waals surface area contributed by atoms with Gasteiger partial charge >= 0.3 is 18.2 Å². The minimum Gasteiger partial charge on any atom is -0.480 e. The lowest BCUT2D eigenvalue weighted by molar-refractivity contribution is -0.150. The van der Waals surface area contributed by atoms with E-state index in [0.717, 1.165) is 34.2 Å². The van der Waals surface area contributed by atoms with Gasteiger partial charge < -0.3 is 24.8 Å². The number of amides is 2. The Balaban J connectivity index is 1.13. The van der Waals surface area contributed by atoms with E-state index in [0.29, 0.717) is 12.8 Å². The van der Waals surface area contributed by atoms with Crippen molar-refractivity contribution in [2.75, 3.05) is 6.61 Å².